The smallest absolute Gasteiger partial charge is 0.336 e. The average molecular weight is 727 g/mol. The summed E-state index contributed by atoms with van der Waals surface area (Å²) in [4.78, 5) is 45.8. The molecule has 2 aliphatic heterocycles. The van der Waals surface area contributed by atoms with Gasteiger partial charge in [0.1, 0.15) is 5.75 Å². The van der Waals surface area contributed by atoms with E-state index >= 15 is 0 Å². The summed E-state index contributed by atoms with van der Waals surface area (Å²) in [6, 6.07) is 13.1. The molecular weight excluding hydrogens is 681 g/mol. The molecule has 4 aliphatic rings. The third-order valence-electron chi connectivity index (χ3n) is 10.9. The Hall–Kier alpha value is -3.57. The third kappa shape index (κ3) is 7.40. The first-order chi connectivity index (χ1) is 24.1. The number of carbonyl (C=O) groups is 3. The van der Waals surface area contributed by atoms with Crippen molar-refractivity contribution in [3.63, 3.8) is 0 Å². The molecule has 1 saturated heterocycles. The molecule has 12 heteroatoms. The van der Waals surface area contributed by atoms with Gasteiger partial charge in [0, 0.05) is 59.2 Å². The van der Waals surface area contributed by atoms with Crippen LogP contribution >= 0.6 is 23.2 Å². The second kappa shape index (κ2) is 15.8. The second-order valence-corrected chi connectivity index (χ2v) is 14.5. The summed E-state index contributed by atoms with van der Waals surface area (Å²) < 4.78 is 16.1. The van der Waals surface area contributed by atoms with Crippen LogP contribution in [0, 0.1) is 11.8 Å². The fourth-order valence-corrected chi connectivity index (χ4v) is 9.16. The molecule has 0 radical (unpaired) electrons. The van der Waals surface area contributed by atoms with Crippen LogP contribution in [0.3, 0.4) is 0 Å². The zero-order chi connectivity index (χ0) is 35.5. The number of allylic oxidation sites excluding steroid dienone is 1. The number of nitrogens with zero attached hydrogens (tertiary/aromatic N) is 2. The summed E-state index contributed by atoms with van der Waals surface area (Å²) in [5.74, 6) is -0.700. The first kappa shape index (κ1) is 36.2. The highest BCUT2D eigenvalue weighted by atomic mass is 35.5. The number of dihydropyridines is 1. The topological polar surface area (TPSA) is 118 Å². The van der Waals surface area contributed by atoms with Crippen LogP contribution in [0.5, 0.6) is 5.75 Å². The van der Waals surface area contributed by atoms with Gasteiger partial charge in [0.2, 0.25) is 5.91 Å². The standard InChI is InChI=1S/C38H45Cl2N3O7/c1-48-31-10-5-4-7-22(31)11-12-29-34(37(46)49-2)36(33-27(39)8-6-9-28(33)40)35(38(47)50-3)30(41-29)21-32(45)43-15-13-42(14-16-43)25-17-23-19-26(44)20-24(23)18-25/h4-10,23-26,36,41,44H,11-21H2,1-3H3. The van der Waals surface area contributed by atoms with Crippen molar-refractivity contribution >= 4 is 41.0 Å². The van der Waals surface area contributed by atoms with Crippen LogP contribution in [0.4, 0.5) is 0 Å². The van der Waals surface area contributed by atoms with E-state index in [0.717, 1.165) is 44.3 Å². The summed E-state index contributed by atoms with van der Waals surface area (Å²) in [5.41, 5.74) is 2.32. The Morgan fingerprint density at radius 2 is 1.40 bits per heavy atom. The minimum absolute atomic E-state index is 0.0793. The highest BCUT2D eigenvalue weighted by Crippen LogP contribution is 2.47. The van der Waals surface area contributed by atoms with Crippen molar-refractivity contribution in [1.82, 2.24) is 15.1 Å². The van der Waals surface area contributed by atoms with Crippen molar-refractivity contribution in [2.45, 2.75) is 63.0 Å². The number of esters is 2. The lowest BCUT2D eigenvalue weighted by atomic mass is 9.78. The number of methoxy groups -OCH3 is 3. The minimum Gasteiger partial charge on any atom is -0.496 e. The van der Waals surface area contributed by atoms with Gasteiger partial charge < -0.3 is 29.5 Å². The van der Waals surface area contributed by atoms with Gasteiger partial charge in [-0.05, 0) is 74.1 Å². The molecule has 2 aromatic rings. The molecule has 6 rings (SSSR count). The van der Waals surface area contributed by atoms with Gasteiger partial charge >= 0.3 is 11.9 Å². The summed E-state index contributed by atoms with van der Waals surface area (Å²) in [6.45, 7) is 2.67. The SMILES string of the molecule is COC(=O)C1=C(CCc2ccccc2OC)NC(CC(=O)N2CCN(C3CC4CC(O)CC4C3)CC2)=C(C(=O)OC)C1c1c(Cl)cccc1Cl. The zero-order valence-corrected chi connectivity index (χ0v) is 30.3. The van der Waals surface area contributed by atoms with E-state index in [-0.39, 0.29) is 39.6 Å². The molecule has 0 bridgehead atoms. The maximum Gasteiger partial charge on any atom is 0.336 e. The maximum absolute atomic E-state index is 14.0. The monoisotopic (exact) mass is 725 g/mol. The van der Waals surface area contributed by atoms with Gasteiger partial charge in [0.25, 0.3) is 0 Å². The Labute approximate surface area is 303 Å². The molecule has 2 aromatic carbocycles. The van der Waals surface area contributed by atoms with Crippen LogP contribution in [-0.4, -0.2) is 92.4 Å². The number of nitrogens with one attached hydrogen (secondary N) is 1. The first-order valence-electron chi connectivity index (χ1n) is 17.3. The number of fused-ring (bicyclic) bond motifs is 1. The second-order valence-electron chi connectivity index (χ2n) is 13.6. The number of aryl methyl sites for hydroxylation is 1. The van der Waals surface area contributed by atoms with Crippen molar-refractivity contribution in [1.29, 1.82) is 0 Å². The van der Waals surface area contributed by atoms with Crippen molar-refractivity contribution in [3.05, 3.63) is 86.2 Å². The molecule has 0 spiro atoms. The van der Waals surface area contributed by atoms with Crippen LogP contribution in [0.2, 0.25) is 10.0 Å². The minimum atomic E-state index is -1.06. The summed E-state index contributed by atoms with van der Waals surface area (Å²) >= 11 is 13.5. The number of amides is 1. The molecule has 3 unspecified atom stereocenters. The lowest BCUT2D eigenvalue weighted by Crippen LogP contribution is -2.52. The van der Waals surface area contributed by atoms with Crippen LogP contribution in [0.15, 0.2) is 65.0 Å². The lowest BCUT2D eigenvalue weighted by Gasteiger charge is -2.39. The number of para-hydroxylation sites is 1. The number of aliphatic hydroxyl groups excluding tert-OH is 1. The average Bonchev–Trinajstić information content (AvgIpc) is 3.67. The molecule has 50 heavy (non-hydrogen) atoms. The van der Waals surface area contributed by atoms with Crippen molar-refractivity contribution in [2.24, 2.45) is 11.8 Å². The number of halogens is 2. The summed E-state index contributed by atoms with van der Waals surface area (Å²) in [5, 5.41) is 13.9. The van der Waals surface area contributed by atoms with E-state index in [2.05, 4.69) is 10.2 Å². The van der Waals surface area contributed by atoms with E-state index in [1.807, 2.05) is 29.2 Å². The number of piperazine rings is 1. The van der Waals surface area contributed by atoms with Gasteiger partial charge in [-0.1, -0.05) is 47.5 Å². The molecular formula is C38H45Cl2N3O7. The third-order valence-corrected chi connectivity index (χ3v) is 11.6. The summed E-state index contributed by atoms with van der Waals surface area (Å²) in [6.07, 6.45) is 4.53. The molecule has 0 aromatic heterocycles. The number of benzene rings is 2. The number of hydrogen-bond donors (Lipinski definition) is 2. The Balaban J connectivity index is 1.30. The van der Waals surface area contributed by atoms with E-state index in [1.54, 1.807) is 25.3 Å². The van der Waals surface area contributed by atoms with Gasteiger partial charge in [-0.3, -0.25) is 9.69 Å². The zero-order valence-electron chi connectivity index (χ0n) is 28.8. The Morgan fingerprint density at radius 3 is 2.00 bits per heavy atom. The predicted octanol–water partition coefficient (Wildman–Crippen LogP) is 5.26. The lowest BCUT2D eigenvalue weighted by molar-refractivity contribution is -0.137. The van der Waals surface area contributed by atoms with E-state index in [1.165, 1.54) is 14.2 Å². The van der Waals surface area contributed by atoms with Crippen LogP contribution < -0.4 is 10.1 Å². The van der Waals surface area contributed by atoms with Gasteiger partial charge in [-0.25, -0.2) is 9.59 Å². The molecule has 2 heterocycles. The molecule has 1 amide bonds. The molecule has 2 N–H and O–H groups in total. The van der Waals surface area contributed by atoms with Crippen LogP contribution in [0.25, 0.3) is 0 Å². The summed E-state index contributed by atoms with van der Waals surface area (Å²) in [7, 11) is 4.14. The fraction of sp³-hybridized carbons (Fsp3) is 0.500. The van der Waals surface area contributed by atoms with Crippen molar-refractivity contribution in [2.75, 3.05) is 47.5 Å². The number of rotatable bonds is 10. The predicted molar refractivity (Wildman–Crippen MR) is 190 cm³/mol. The molecule has 3 fully saturated rings. The number of hydrogen-bond acceptors (Lipinski definition) is 9. The Kier molecular flexibility index (Phi) is 11.4. The highest BCUT2D eigenvalue weighted by molar-refractivity contribution is 6.36. The van der Waals surface area contributed by atoms with Gasteiger partial charge in [-0.2, -0.15) is 0 Å². The highest BCUT2D eigenvalue weighted by Gasteiger charge is 2.44. The Morgan fingerprint density at radius 1 is 0.800 bits per heavy atom. The Bertz CT molecular complexity index is 1650. The molecule has 268 valence electrons. The number of ether oxygens (including phenoxy) is 3. The van der Waals surface area contributed by atoms with E-state index in [9.17, 15) is 19.5 Å². The van der Waals surface area contributed by atoms with Crippen molar-refractivity contribution < 1.29 is 33.7 Å². The number of aliphatic hydroxyl groups is 1. The molecule has 2 saturated carbocycles. The largest absolute Gasteiger partial charge is 0.496 e. The quantitative estimate of drug-likeness (QED) is 0.317. The van der Waals surface area contributed by atoms with Gasteiger partial charge in [0.15, 0.2) is 0 Å². The fourth-order valence-electron chi connectivity index (χ4n) is 8.54. The molecule has 10 nitrogen and oxygen atoms in total. The van der Waals surface area contributed by atoms with Crippen molar-refractivity contribution in [3.8, 4) is 5.75 Å². The van der Waals surface area contributed by atoms with E-state index in [4.69, 9.17) is 37.4 Å². The van der Waals surface area contributed by atoms with E-state index in [0.29, 0.717) is 66.5 Å². The van der Waals surface area contributed by atoms with E-state index < -0.39 is 17.9 Å². The molecule has 3 atom stereocenters. The van der Waals surface area contributed by atoms with Gasteiger partial charge in [-0.15, -0.1) is 0 Å². The normalized spacial score (nSPS) is 25.3. The first-order valence-corrected chi connectivity index (χ1v) is 18.0. The molecule has 2 aliphatic carbocycles. The van der Waals surface area contributed by atoms with Gasteiger partial charge in [0.05, 0.1) is 50.9 Å². The number of carbonyl (C=O) groups excluding carboxylic acids is 3. The van der Waals surface area contributed by atoms with Crippen LogP contribution in [0.1, 0.15) is 55.6 Å². The van der Waals surface area contributed by atoms with Crippen LogP contribution in [-0.2, 0) is 30.3 Å². The maximum atomic E-state index is 14.0.